The van der Waals surface area contributed by atoms with Gasteiger partial charge in [0.25, 0.3) is 0 Å². The van der Waals surface area contributed by atoms with Crippen molar-refractivity contribution in [3.63, 3.8) is 0 Å². The zero-order valence-electron chi connectivity index (χ0n) is 8.66. The highest BCUT2D eigenvalue weighted by molar-refractivity contribution is 7.79. The molecule has 2 atom stereocenters. The molecule has 0 rings (SSSR count). The van der Waals surface area contributed by atoms with Gasteiger partial charge in [0.1, 0.15) is 0 Å². The maximum Gasteiger partial charge on any atom is -0.0103 e. The summed E-state index contributed by atoms with van der Waals surface area (Å²) in [4.78, 5) is 0. The van der Waals surface area contributed by atoms with Crippen LogP contribution < -0.4 is 0 Å². The van der Waals surface area contributed by atoms with E-state index in [1.807, 2.05) is 10.7 Å². The summed E-state index contributed by atoms with van der Waals surface area (Å²) in [5, 5.41) is 3.78. The molecule has 0 N–H and O–H groups in total. The smallest absolute Gasteiger partial charge is 0.0103 e. The topological polar surface area (TPSA) is 0 Å². The van der Waals surface area contributed by atoms with Gasteiger partial charge in [-0.25, -0.2) is 0 Å². The van der Waals surface area contributed by atoms with Crippen molar-refractivity contribution < 1.29 is 0 Å². The standard InChI is InChI=1S/C11H20S2/c1-3-4-7-11(9-13)10(2)6-5-8-12/h8-11H,3-7H2,1-2H3. The Morgan fingerprint density at radius 2 is 1.92 bits per heavy atom. The van der Waals surface area contributed by atoms with Crippen LogP contribution in [0, 0.1) is 11.8 Å². The first kappa shape index (κ1) is 13.2. The first-order valence-corrected chi connectivity index (χ1v) is 6.09. The Morgan fingerprint density at radius 3 is 2.38 bits per heavy atom. The van der Waals surface area contributed by atoms with Crippen LogP contribution in [0.5, 0.6) is 0 Å². The average molecular weight is 216 g/mol. The molecule has 0 aliphatic heterocycles. The normalized spacial score (nSPS) is 14.9. The van der Waals surface area contributed by atoms with E-state index < -0.39 is 0 Å². The van der Waals surface area contributed by atoms with Gasteiger partial charge in [0.2, 0.25) is 0 Å². The van der Waals surface area contributed by atoms with Gasteiger partial charge in [-0.15, -0.1) is 0 Å². The van der Waals surface area contributed by atoms with Crippen molar-refractivity contribution in [2.75, 3.05) is 0 Å². The molecule has 0 bridgehead atoms. The zero-order valence-corrected chi connectivity index (χ0v) is 10.3. The van der Waals surface area contributed by atoms with Gasteiger partial charge in [-0.2, -0.15) is 0 Å². The van der Waals surface area contributed by atoms with E-state index in [1.165, 1.54) is 25.7 Å². The molecular formula is C11H20S2. The van der Waals surface area contributed by atoms with Gasteiger partial charge in [0.15, 0.2) is 0 Å². The molecular weight excluding hydrogens is 196 g/mol. The fourth-order valence-electron chi connectivity index (χ4n) is 1.47. The zero-order chi connectivity index (χ0) is 10.1. The molecule has 0 saturated heterocycles. The summed E-state index contributed by atoms with van der Waals surface area (Å²) in [6.07, 6.45) is 6.03. The third-order valence-corrected chi connectivity index (χ3v) is 3.12. The number of hydrogen-bond donors (Lipinski definition) is 0. The van der Waals surface area contributed by atoms with E-state index in [-0.39, 0.29) is 0 Å². The lowest BCUT2D eigenvalue weighted by molar-refractivity contribution is 0.408. The first-order valence-electron chi connectivity index (χ1n) is 5.15. The Kier molecular flexibility index (Phi) is 8.89. The Bertz CT molecular complexity index is 143. The molecule has 0 aliphatic rings. The Labute approximate surface area is 93.1 Å². The molecule has 0 saturated carbocycles. The minimum absolute atomic E-state index is 0.616. The minimum atomic E-state index is 0.616. The van der Waals surface area contributed by atoms with Crippen molar-refractivity contribution in [3.05, 3.63) is 0 Å². The highest BCUT2D eigenvalue weighted by atomic mass is 32.1. The molecule has 2 heteroatoms. The van der Waals surface area contributed by atoms with Gasteiger partial charge < -0.3 is 0 Å². The molecule has 0 fully saturated rings. The highest BCUT2D eigenvalue weighted by Gasteiger charge is 2.12. The van der Waals surface area contributed by atoms with Crippen molar-refractivity contribution in [1.29, 1.82) is 0 Å². The van der Waals surface area contributed by atoms with Crippen LogP contribution in [-0.4, -0.2) is 10.7 Å². The fourth-order valence-corrected chi connectivity index (χ4v) is 2.01. The maximum atomic E-state index is 5.05. The number of rotatable bonds is 8. The van der Waals surface area contributed by atoms with E-state index in [0.717, 1.165) is 6.42 Å². The Hall–Kier alpha value is 0.180. The summed E-state index contributed by atoms with van der Waals surface area (Å²) >= 11 is 9.87. The van der Waals surface area contributed by atoms with Crippen LogP contribution in [0.2, 0.25) is 0 Å². The van der Waals surface area contributed by atoms with E-state index in [2.05, 4.69) is 13.8 Å². The lowest BCUT2D eigenvalue weighted by Gasteiger charge is -2.18. The van der Waals surface area contributed by atoms with E-state index in [4.69, 9.17) is 24.4 Å². The quantitative estimate of drug-likeness (QED) is 0.558. The molecule has 0 spiro atoms. The summed E-state index contributed by atoms with van der Waals surface area (Å²) in [7, 11) is 0. The monoisotopic (exact) mass is 216 g/mol. The second-order valence-corrected chi connectivity index (χ2v) is 4.27. The third kappa shape index (κ3) is 6.28. The molecule has 0 amide bonds. The van der Waals surface area contributed by atoms with Crippen molar-refractivity contribution in [2.45, 2.75) is 46.0 Å². The van der Waals surface area contributed by atoms with Crippen LogP contribution in [0.4, 0.5) is 0 Å². The van der Waals surface area contributed by atoms with E-state index >= 15 is 0 Å². The van der Waals surface area contributed by atoms with E-state index in [9.17, 15) is 0 Å². The van der Waals surface area contributed by atoms with Crippen LogP contribution >= 0.6 is 24.4 Å². The largest absolute Gasteiger partial charge is 0.0935 e. The second kappa shape index (κ2) is 8.76. The molecule has 0 aromatic heterocycles. The first-order chi connectivity index (χ1) is 6.26. The van der Waals surface area contributed by atoms with Gasteiger partial charge in [0, 0.05) is 0 Å². The van der Waals surface area contributed by atoms with Crippen LogP contribution in [0.15, 0.2) is 0 Å². The number of thiocarbonyl (C=S) groups is 2. The van der Waals surface area contributed by atoms with Crippen molar-refractivity contribution >= 4 is 35.2 Å². The van der Waals surface area contributed by atoms with Crippen LogP contribution in [0.1, 0.15) is 46.0 Å². The van der Waals surface area contributed by atoms with Crippen molar-refractivity contribution in [1.82, 2.24) is 0 Å². The van der Waals surface area contributed by atoms with Gasteiger partial charge in [-0.3, -0.25) is 0 Å². The van der Waals surface area contributed by atoms with E-state index in [1.54, 1.807) is 0 Å². The fraction of sp³-hybridized carbons (Fsp3) is 0.818. The predicted molar refractivity (Wildman–Crippen MR) is 68.7 cm³/mol. The minimum Gasteiger partial charge on any atom is -0.0935 e. The Balaban J connectivity index is 3.76. The molecule has 2 unspecified atom stereocenters. The third-order valence-electron chi connectivity index (χ3n) is 2.54. The Morgan fingerprint density at radius 1 is 1.23 bits per heavy atom. The summed E-state index contributed by atoms with van der Waals surface area (Å²) in [5.41, 5.74) is 0. The van der Waals surface area contributed by atoms with Gasteiger partial charge in [-0.1, -0.05) is 51.1 Å². The summed E-state index contributed by atoms with van der Waals surface area (Å²) < 4.78 is 0. The predicted octanol–water partition coefficient (Wildman–Crippen LogP) is 4.21. The second-order valence-electron chi connectivity index (χ2n) is 3.66. The molecule has 0 radical (unpaired) electrons. The van der Waals surface area contributed by atoms with E-state index in [0.29, 0.717) is 11.8 Å². The van der Waals surface area contributed by atoms with Crippen LogP contribution in [0.3, 0.4) is 0 Å². The number of unbranched alkanes of at least 4 members (excludes halogenated alkanes) is 1. The molecule has 0 aromatic carbocycles. The van der Waals surface area contributed by atoms with Gasteiger partial charge in [0.05, 0.1) is 0 Å². The molecule has 0 aliphatic carbocycles. The summed E-state index contributed by atoms with van der Waals surface area (Å²) in [6, 6.07) is 0. The summed E-state index contributed by atoms with van der Waals surface area (Å²) in [5.74, 6) is 1.31. The average Bonchev–Trinajstić information content (AvgIpc) is 2.16. The lowest BCUT2D eigenvalue weighted by atomic mass is 9.88. The van der Waals surface area contributed by atoms with Gasteiger partial charge >= 0.3 is 0 Å². The summed E-state index contributed by atoms with van der Waals surface area (Å²) in [6.45, 7) is 4.50. The van der Waals surface area contributed by atoms with Crippen LogP contribution in [0.25, 0.3) is 0 Å². The maximum absolute atomic E-state index is 5.05. The highest BCUT2D eigenvalue weighted by Crippen LogP contribution is 2.20. The molecule has 13 heavy (non-hydrogen) atoms. The molecule has 76 valence electrons. The van der Waals surface area contributed by atoms with Crippen molar-refractivity contribution in [3.8, 4) is 0 Å². The molecule has 0 aromatic rings. The van der Waals surface area contributed by atoms with Crippen molar-refractivity contribution in [2.24, 2.45) is 11.8 Å². The van der Waals surface area contributed by atoms with Gasteiger partial charge in [-0.05, 0) is 41.8 Å². The molecule has 0 heterocycles. The SMILES string of the molecule is CCCCC(C=S)C(C)CCC=S. The number of hydrogen-bond acceptors (Lipinski definition) is 2. The molecule has 0 nitrogen and oxygen atoms in total. The lowest BCUT2D eigenvalue weighted by Crippen LogP contribution is -2.12. The van der Waals surface area contributed by atoms with Crippen LogP contribution in [-0.2, 0) is 0 Å².